The minimum Gasteiger partial charge on any atom is -0.496 e. The van der Waals surface area contributed by atoms with Crippen molar-refractivity contribution in [2.75, 3.05) is 43.6 Å². The highest BCUT2D eigenvalue weighted by Gasteiger charge is 2.31. The van der Waals surface area contributed by atoms with E-state index in [4.69, 9.17) is 4.74 Å². The Labute approximate surface area is 245 Å². The molecule has 1 aliphatic rings. The fraction of sp³-hybridized carbons (Fsp3) is 0.200. The van der Waals surface area contributed by atoms with E-state index in [1.54, 1.807) is 36.5 Å². The molecule has 4 aromatic rings. The van der Waals surface area contributed by atoms with Crippen LogP contribution in [0.5, 0.6) is 5.75 Å². The number of nitriles is 1. The molecule has 1 aliphatic heterocycles. The van der Waals surface area contributed by atoms with Crippen molar-refractivity contribution in [1.82, 2.24) is 19.9 Å². The monoisotopic (exact) mass is 583 g/mol. The number of benzene rings is 2. The molecule has 1 atom stereocenters. The summed E-state index contributed by atoms with van der Waals surface area (Å²) in [5, 5.41) is 32.0. The number of methoxy groups -OCH3 is 1. The van der Waals surface area contributed by atoms with Crippen molar-refractivity contribution in [3.05, 3.63) is 84.2 Å². The first kappa shape index (κ1) is 28.9. The molecule has 43 heavy (non-hydrogen) atoms. The van der Waals surface area contributed by atoms with Crippen molar-refractivity contribution in [2.24, 2.45) is 0 Å². The number of amides is 2. The van der Waals surface area contributed by atoms with E-state index in [1.807, 2.05) is 4.90 Å². The lowest BCUT2D eigenvalue weighted by Crippen LogP contribution is -2.56. The second-order valence-electron chi connectivity index (χ2n) is 9.56. The van der Waals surface area contributed by atoms with E-state index >= 15 is 0 Å². The number of rotatable bonds is 7. The van der Waals surface area contributed by atoms with Gasteiger partial charge in [0.15, 0.2) is 5.82 Å². The predicted molar refractivity (Wildman–Crippen MR) is 154 cm³/mol. The molecule has 1 fully saturated rings. The van der Waals surface area contributed by atoms with Crippen LogP contribution in [-0.2, 0) is 0 Å². The van der Waals surface area contributed by atoms with Crippen LogP contribution in [0.2, 0.25) is 0 Å². The summed E-state index contributed by atoms with van der Waals surface area (Å²) in [6.07, 6.45) is 3.28. The van der Waals surface area contributed by atoms with Gasteiger partial charge in [0, 0.05) is 43.8 Å². The normalized spacial score (nSPS) is 14.6. The van der Waals surface area contributed by atoms with Crippen LogP contribution in [0.4, 0.5) is 20.6 Å². The van der Waals surface area contributed by atoms with Crippen molar-refractivity contribution in [1.29, 1.82) is 5.26 Å². The zero-order valence-electron chi connectivity index (χ0n) is 22.9. The zero-order valence-corrected chi connectivity index (χ0v) is 22.9. The van der Waals surface area contributed by atoms with Gasteiger partial charge in [-0.25, -0.2) is 19.2 Å². The van der Waals surface area contributed by atoms with Crippen LogP contribution in [-0.4, -0.2) is 81.5 Å². The van der Waals surface area contributed by atoms with Gasteiger partial charge in [-0.1, -0.05) is 12.1 Å². The van der Waals surface area contributed by atoms with Crippen molar-refractivity contribution in [3.63, 3.8) is 0 Å². The number of anilines is 2. The van der Waals surface area contributed by atoms with Crippen LogP contribution in [0.25, 0.3) is 22.5 Å². The van der Waals surface area contributed by atoms with E-state index in [0.29, 0.717) is 28.1 Å². The second kappa shape index (κ2) is 12.5. The quantitative estimate of drug-likeness (QED) is 0.293. The van der Waals surface area contributed by atoms with E-state index in [2.05, 4.69) is 26.3 Å². The van der Waals surface area contributed by atoms with E-state index < -0.39 is 30.5 Å². The van der Waals surface area contributed by atoms with Gasteiger partial charge in [0.25, 0.3) is 5.91 Å². The van der Waals surface area contributed by atoms with Gasteiger partial charge in [-0.3, -0.25) is 14.7 Å². The molecule has 3 N–H and O–H groups in total. The number of carbonyl (C=O) groups excluding carboxylic acids is 1. The Morgan fingerprint density at radius 1 is 1.19 bits per heavy atom. The van der Waals surface area contributed by atoms with Crippen molar-refractivity contribution in [3.8, 4) is 34.3 Å². The van der Waals surface area contributed by atoms with Gasteiger partial charge in [-0.15, -0.1) is 0 Å². The Balaban J connectivity index is 1.52. The van der Waals surface area contributed by atoms with Gasteiger partial charge >= 0.3 is 6.09 Å². The average molecular weight is 584 g/mol. The van der Waals surface area contributed by atoms with Crippen LogP contribution in [0.1, 0.15) is 16.1 Å². The third-order valence-corrected chi connectivity index (χ3v) is 7.09. The van der Waals surface area contributed by atoms with Crippen molar-refractivity contribution >= 4 is 23.4 Å². The number of nitrogens with zero attached hydrogens (tertiary/aromatic N) is 6. The summed E-state index contributed by atoms with van der Waals surface area (Å²) >= 11 is 0. The summed E-state index contributed by atoms with van der Waals surface area (Å²) in [6, 6.07) is 13.9. The standard InChI is InChI=1S/C30H26FN7O5/c1-43-26-4-2-3-22(31)27(26)28-34-10-8-24(35-28)29(40)36-23-6-5-18(21-15-33-9-7-19(21)14-32)13-25(23)37-11-12-38(30(41)42)20(16-37)17-39/h2-10,13,15,20,39H,11-12,16-17H2,1H3,(H,36,40)(H,41,42). The van der Waals surface area contributed by atoms with Crippen LogP contribution in [0.15, 0.2) is 67.1 Å². The number of hydrogen-bond acceptors (Lipinski definition) is 9. The Hall–Kier alpha value is -5.61. The molecule has 1 unspecified atom stereocenters. The molecule has 1 saturated heterocycles. The van der Waals surface area contributed by atoms with Gasteiger partial charge in [0.2, 0.25) is 0 Å². The lowest BCUT2D eigenvalue weighted by atomic mass is 10.0. The highest BCUT2D eigenvalue weighted by Crippen LogP contribution is 2.35. The molecular formula is C30H26FN7O5. The summed E-state index contributed by atoms with van der Waals surface area (Å²) in [5.74, 6) is -1.04. The average Bonchev–Trinajstić information content (AvgIpc) is 3.04. The largest absolute Gasteiger partial charge is 0.496 e. The number of aliphatic hydroxyl groups is 1. The molecule has 2 aromatic heterocycles. The number of halogens is 1. The van der Waals surface area contributed by atoms with E-state index in [9.17, 15) is 29.5 Å². The number of ether oxygens (including phenoxy) is 1. The summed E-state index contributed by atoms with van der Waals surface area (Å²) in [6.45, 7) is 0.152. The molecule has 0 aliphatic carbocycles. The molecule has 13 heteroatoms. The molecule has 12 nitrogen and oxygen atoms in total. The summed E-state index contributed by atoms with van der Waals surface area (Å²) in [5.41, 5.74) is 2.52. The molecule has 0 bridgehead atoms. The Kier molecular flexibility index (Phi) is 8.40. The summed E-state index contributed by atoms with van der Waals surface area (Å²) in [4.78, 5) is 40.8. The highest BCUT2D eigenvalue weighted by atomic mass is 19.1. The fourth-order valence-corrected chi connectivity index (χ4v) is 4.95. The Morgan fingerprint density at radius 3 is 2.77 bits per heavy atom. The minimum atomic E-state index is -1.14. The van der Waals surface area contributed by atoms with Crippen molar-refractivity contribution < 1.29 is 28.9 Å². The third kappa shape index (κ3) is 5.90. The summed E-state index contributed by atoms with van der Waals surface area (Å²) in [7, 11) is 1.39. The first-order valence-electron chi connectivity index (χ1n) is 13.2. The van der Waals surface area contributed by atoms with E-state index in [0.717, 1.165) is 0 Å². The first-order valence-corrected chi connectivity index (χ1v) is 13.2. The molecule has 3 heterocycles. The first-order chi connectivity index (χ1) is 20.8. The fourth-order valence-electron chi connectivity index (χ4n) is 4.95. The second-order valence-corrected chi connectivity index (χ2v) is 9.56. The Morgan fingerprint density at radius 2 is 2.02 bits per heavy atom. The molecular weight excluding hydrogens is 557 g/mol. The van der Waals surface area contributed by atoms with E-state index in [-0.39, 0.29) is 42.5 Å². The topological polar surface area (TPSA) is 165 Å². The number of piperazine rings is 1. The lowest BCUT2D eigenvalue weighted by molar-refractivity contribution is 0.0911. The number of hydrogen-bond donors (Lipinski definition) is 3. The molecule has 2 aromatic carbocycles. The maximum absolute atomic E-state index is 14.7. The van der Waals surface area contributed by atoms with Gasteiger partial charge in [-0.05, 0) is 42.0 Å². The lowest BCUT2D eigenvalue weighted by Gasteiger charge is -2.41. The van der Waals surface area contributed by atoms with Crippen LogP contribution in [0, 0.1) is 17.1 Å². The van der Waals surface area contributed by atoms with Gasteiger partial charge in [0.05, 0.1) is 48.3 Å². The van der Waals surface area contributed by atoms with Crippen LogP contribution < -0.4 is 15.0 Å². The number of nitrogens with one attached hydrogen (secondary N) is 1. The SMILES string of the molecule is COc1cccc(F)c1-c1nccc(C(=O)Nc2ccc(-c3cnccc3C#N)cc2N2CCN(C(=O)O)C(CO)C2)n1. The molecule has 5 rings (SSSR count). The van der Waals surface area contributed by atoms with Gasteiger partial charge in [-0.2, -0.15) is 5.26 Å². The molecule has 0 spiro atoms. The highest BCUT2D eigenvalue weighted by molar-refractivity contribution is 6.05. The van der Waals surface area contributed by atoms with Crippen LogP contribution >= 0.6 is 0 Å². The number of carboxylic acid groups (broad SMARTS) is 1. The maximum Gasteiger partial charge on any atom is 0.407 e. The van der Waals surface area contributed by atoms with Gasteiger partial charge in [0.1, 0.15) is 17.3 Å². The number of pyridine rings is 1. The third-order valence-electron chi connectivity index (χ3n) is 7.09. The van der Waals surface area contributed by atoms with E-state index in [1.165, 1.54) is 42.6 Å². The Bertz CT molecular complexity index is 1730. The smallest absolute Gasteiger partial charge is 0.407 e. The zero-order chi connectivity index (χ0) is 30.5. The molecule has 2 amide bonds. The predicted octanol–water partition coefficient (Wildman–Crippen LogP) is 3.64. The van der Waals surface area contributed by atoms with Crippen molar-refractivity contribution in [2.45, 2.75) is 6.04 Å². The maximum atomic E-state index is 14.7. The molecule has 0 saturated carbocycles. The number of carbonyl (C=O) groups is 2. The number of aromatic nitrogens is 3. The molecule has 218 valence electrons. The molecule has 0 radical (unpaired) electrons. The minimum absolute atomic E-state index is 0.0146. The summed E-state index contributed by atoms with van der Waals surface area (Å²) < 4.78 is 19.9. The van der Waals surface area contributed by atoms with Crippen LogP contribution in [0.3, 0.4) is 0 Å². The van der Waals surface area contributed by atoms with Gasteiger partial charge < -0.3 is 25.2 Å². The number of aliphatic hydroxyl groups excluding tert-OH is 1.